The second-order valence-electron chi connectivity index (χ2n) is 6.58. The molecule has 0 spiro atoms. The number of hydrogen-bond donors (Lipinski definition) is 1. The van der Waals surface area contributed by atoms with Gasteiger partial charge in [0.1, 0.15) is 0 Å². The molecule has 0 radical (unpaired) electrons. The van der Waals surface area contributed by atoms with Gasteiger partial charge in [0.15, 0.2) is 5.76 Å². The van der Waals surface area contributed by atoms with Crippen LogP contribution in [0.4, 0.5) is 5.69 Å². The highest BCUT2D eigenvalue weighted by Crippen LogP contribution is 2.30. The van der Waals surface area contributed by atoms with Crippen LogP contribution in [0.3, 0.4) is 0 Å². The summed E-state index contributed by atoms with van der Waals surface area (Å²) < 4.78 is 11.7. The number of ether oxygens (including phenoxy) is 1. The summed E-state index contributed by atoms with van der Waals surface area (Å²) >= 11 is 3.45. The quantitative estimate of drug-likeness (QED) is 0.367. The maximum absolute atomic E-state index is 13.1. The number of halogens is 1. The molecular weight excluding hydrogens is 460 g/mol. The Morgan fingerprint density at radius 3 is 2.48 bits per heavy atom. The van der Waals surface area contributed by atoms with Gasteiger partial charge in [-0.3, -0.25) is 4.79 Å². The molecule has 0 atom stereocenters. The van der Waals surface area contributed by atoms with Crippen molar-refractivity contribution in [1.29, 1.82) is 0 Å². The summed E-state index contributed by atoms with van der Waals surface area (Å²) in [5, 5.41) is 2.78. The normalized spacial score (nSPS) is 10.5. The van der Waals surface area contributed by atoms with Crippen LogP contribution in [0.15, 0.2) is 87.9 Å². The third-order valence-electron chi connectivity index (χ3n) is 4.60. The van der Waals surface area contributed by atoms with Crippen molar-refractivity contribution >= 4 is 33.5 Å². The number of nitrogens with zero attached hydrogens (tertiary/aromatic N) is 1. The maximum Gasteiger partial charge on any atom is 0.339 e. The molecule has 6 nitrogen and oxygen atoms in total. The number of benzene rings is 3. The zero-order valence-corrected chi connectivity index (χ0v) is 18.0. The van der Waals surface area contributed by atoms with Crippen LogP contribution >= 0.6 is 15.9 Å². The van der Waals surface area contributed by atoms with E-state index in [0.29, 0.717) is 28.5 Å². The minimum atomic E-state index is -0.532. The van der Waals surface area contributed by atoms with Crippen molar-refractivity contribution in [2.24, 2.45) is 0 Å². The first-order valence-electron chi connectivity index (χ1n) is 9.36. The zero-order chi connectivity index (χ0) is 21.8. The lowest BCUT2D eigenvalue weighted by Crippen LogP contribution is -2.16. The van der Waals surface area contributed by atoms with E-state index < -0.39 is 11.9 Å². The first kappa shape index (κ1) is 20.6. The standard InChI is InChI=1S/C24H17BrN2O4/c1-30-24(29)19-11-4-5-12-20(19)27-22(28)17-9-2-3-10-18(17)23-26-14-21(31-23)15-7-6-8-16(25)13-15/h2-14H,1H3,(H,27,28). The van der Waals surface area contributed by atoms with Gasteiger partial charge in [-0.15, -0.1) is 0 Å². The number of rotatable bonds is 5. The van der Waals surface area contributed by atoms with Crippen molar-refractivity contribution in [1.82, 2.24) is 4.98 Å². The van der Waals surface area contributed by atoms with E-state index in [9.17, 15) is 9.59 Å². The van der Waals surface area contributed by atoms with Gasteiger partial charge in [-0.2, -0.15) is 0 Å². The lowest BCUT2D eigenvalue weighted by molar-refractivity contribution is 0.0602. The summed E-state index contributed by atoms with van der Waals surface area (Å²) in [6, 6.07) is 21.3. The van der Waals surface area contributed by atoms with Crippen LogP contribution in [-0.2, 0) is 4.74 Å². The summed E-state index contributed by atoms with van der Waals surface area (Å²) in [4.78, 5) is 29.4. The number of methoxy groups -OCH3 is 1. The van der Waals surface area contributed by atoms with Gasteiger partial charge in [-0.05, 0) is 36.4 Å². The lowest BCUT2D eigenvalue weighted by atomic mass is 10.1. The molecule has 0 saturated heterocycles. The third kappa shape index (κ3) is 4.41. The van der Waals surface area contributed by atoms with Crippen LogP contribution in [0, 0.1) is 0 Å². The Labute approximate surface area is 187 Å². The molecule has 7 heteroatoms. The SMILES string of the molecule is COC(=O)c1ccccc1NC(=O)c1ccccc1-c1ncc(-c2cccc(Br)c2)o1. The second-order valence-corrected chi connectivity index (χ2v) is 7.49. The van der Waals surface area contributed by atoms with Crippen molar-refractivity contribution in [3.05, 3.63) is 94.6 Å². The van der Waals surface area contributed by atoms with E-state index in [1.54, 1.807) is 54.7 Å². The van der Waals surface area contributed by atoms with E-state index in [1.807, 2.05) is 24.3 Å². The summed E-state index contributed by atoms with van der Waals surface area (Å²) in [6.07, 6.45) is 1.62. The van der Waals surface area contributed by atoms with Crippen molar-refractivity contribution in [3.8, 4) is 22.8 Å². The Hall–Kier alpha value is -3.71. The predicted octanol–water partition coefficient (Wildman–Crippen LogP) is 5.81. The summed E-state index contributed by atoms with van der Waals surface area (Å²) in [5.41, 5.74) is 2.39. The van der Waals surface area contributed by atoms with Gasteiger partial charge in [0.25, 0.3) is 5.91 Å². The predicted molar refractivity (Wildman–Crippen MR) is 121 cm³/mol. The van der Waals surface area contributed by atoms with Crippen LogP contribution in [0.1, 0.15) is 20.7 Å². The summed E-state index contributed by atoms with van der Waals surface area (Å²) in [5.74, 6) is -0.0192. The van der Waals surface area contributed by atoms with Crippen molar-refractivity contribution in [2.75, 3.05) is 12.4 Å². The molecular formula is C24H17BrN2O4. The summed E-state index contributed by atoms with van der Waals surface area (Å²) in [6.45, 7) is 0. The minimum absolute atomic E-state index is 0.267. The van der Waals surface area contributed by atoms with Crippen LogP contribution < -0.4 is 5.32 Å². The Morgan fingerprint density at radius 1 is 0.968 bits per heavy atom. The Balaban J connectivity index is 1.66. The summed E-state index contributed by atoms with van der Waals surface area (Å²) in [7, 11) is 1.29. The number of esters is 1. The van der Waals surface area contributed by atoms with E-state index in [-0.39, 0.29) is 5.56 Å². The fourth-order valence-corrected chi connectivity index (χ4v) is 3.51. The van der Waals surface area contributed by atoms with Crippen molar-refractivity contribution in [3.63, 3.8) is 0 Å². The average molecular weight is 477 g/mol. The largest absolute Gasteiger partial charge is 0.465 e. The van der Waals surface area contributed by atoms with Gasteiger partial charge >= 0.3 is 5.97 Å². The topological polar surface area (TPSA) is 81.4 Å². The Morgan fingerprint density at radius 2 is 1.71 bits per heavy atom. The van der Waals surface area contributed by atoms with E-state index in [2.05, 4.69) is 26.2 Å². The maximum atomic E-state index is 13.1. The van der Waals surface area contributed by atoms with E-state index in [0.717, 1.165) is 10.0 Å². The number of anilines is 1. The van der Waals surface area contributed by atoms with Gasteiger partial charge in [-0.25, -0.2) is 9.78 Å². The molecule has 31 heavy (non-hydrogen) atoms. The third-order valence-corrected chi connectivity index (χ3v) is 5.09. The molecule has 0 aliphatic rings. The Bertz CT molecular complexity index is 1270. The Kier molecular flexibility index (Phi) is 5.95. The monoisotopic (exact) mass is 476 g/mol. The van der Waals surface area contributed by atoms with Crippen LogP contribution in [0.5, 0.6) is 0 Å². The number of hydrogen-bond acceptors (Lipinski definition) is 5. The number of carbonyl (C=O) groups is 2. The van der Waals surface area contributed by atoms with Gasteiger partial charge < -0.3 is 14.5 Å². The van der Waals surface area contributed by atoms with Crippen LogP contribution in [0.25, 0.3) is 22.8 Å². The van der Waals surface area contributed by atoms with E-state index in [4.69, 9.17) is 9.15 Å². The molecule has 4 aromatic rings. The highest BCUT2D eigenvalue weighted by atomic mass is 79.9. The highest BCUT2D eigenvalue weighted by molar-refractivity contribution is 9.10. The fraction of sp³-hybridized carbons (Fsp3) is 0.0417. The molecule has 0 unspecified atom stereocenters. The molecule has 1 amide bonds. The van der Waals surface area contributed by atoms with Crippen molar-refractivity contribution < 1.29 is 18.7 Å². The second kappa shape index (κ2) is 8.97. The molecule has 1 aromatic heterocycles. The first-order valence-corrected chi connectivity index (χ1v) is 10.2. The van der Waals surface area contributed by atoms with Crippen LogP contribution in [-0.4, -0.2) is 24.0 Å². The smallest absolute Gasteiger partial charge is 0.339 e. The number of nitrogens with one attached hydrogen (secondary N) is 1. The zero-order valence-electron chi connectivity index (χ0n) is 16.5. The first-order chi connectivity index (χ1) is 15.1. The number of aromatic nitrogens is 1. The van der Waals surface area contributed by atoms with E-state index >= 15 is 0 Å². The lowest BCUT2D eigenvalue weighted by Gasteiger charge is -2.11. The van der Waals surface area contributed by atoms with Crippen LogP contribution in [0.2, 0.25) is 0 Å². The molecule has 154 valence electrons. The molecule has 0 aliphatic carbocycles. The molecule has 0 aliphatic heterocycles. The number of amides is 1. The van der Waals surface area contributed by atoms with Gasteiger partial charge in [0.05, 0.1) is 30.1 Å². The highest BCUT2D eigenvalue weighted by Gasteiger charge is 2.19. The van der Waals surface area contributed by atoms with Gasteiger partial charge in [0, 0.05) is 15.6 Å². The molecule has 1 N–H and O–H groups in total. The molecule has 4 rings (SSSR count). The number of oxazole rings is 1. The van der Waals surface area contributed by atoms with Gasteiger partial charge in [-0.1, -0.05) is 52.3 Å². The molecule has 3 aromatic carbocycles. The molecule has 0 fully saturated rings. The average Bonchev–Trinajstić information content (AvgIpc) is 3.29. The van der Waals surface area contributed by atoms with Gasteiger partial charge in [0.2, 0.25) is 5.89 Å². The van der Waals surface area contributed by atoms with Crippen molar-refractivity contribution in [2.45, 2.75) is 0 Å². The number of carbonyl (C=O) groups excluding carboxylic acids is 2. The molecule has 0 bridgehead atoms. The number of para-hydroxylation sites is 1. The molecule has 1 heterocycles. The van der Waals surface area contributed by atoms with E-state index in [1.165, 1.54) is 7.11 Å². The molecule has 0 saturated carbocycles. The fourth-order valence-electron chi connectivity index (χ4n) is 3.11. The minimum Gasteiger partial charge on any atom is -0.465 e.